The Morgan fingerprint density at radius 3 is 2.43 bits per heavy atom. The first-order valence-corrected chi connectivity index (χ1v) is 8.77. The van der Waals surface area contributed by atoms with Gasteiger partial charge in [-0.3, -0.25) is 4.79 Å². The summed E-state index contributed by atoms with van der Waals surface area (Å²) in [7, 11) is -3.94. The van der Waals surface area contributed by atoms with Crippen molar-refractivity contribution in [3.63, 3.8) is 0 Å². The number of hydrogen-bond acceptors (Lipinski definition) is 4. The molecule has 1 rings (SSSR count). The Labute approximate surface area is 137 Å². The molecule has 118 valence electrons. The van der Waals surface area contributed by atoms with Crippen molar-refractivity contribution < 1.29 is 13.2 Å². The van der Waals surface area contributed by atoms with Crippen LogP contribution in [-0.2, 0) is 14.8 Å². The van der Waals surface area contributed by atoms with Crippen LogP contribution in [0.2, 0.25) is 5.02 Å². The maximum atomic E-state index is 12.3. The number of nitrogens with one attached hydrogen (secondary N) is 2. The van der Waals surface area contributed by atoms with Crippen molar-refractivity contribution in [1.82, 2.24) is 10.0 Å². The van der Waals surface area contributed by atoms with E-state index in [0.717, 1.165) is 0 Å². The molecule has 0 aliphatic rings. The Morgan fingerprint density at radius 1 is 1.33 bits per heavy atom. The Bertz CT molecular complexity index is 649. The van der Waals surface area contributed by atoms with Gasteiger partial charge in [0.2, 0.25) is 15.9 Å². The number of nitrogen functional groups attached to an aromatic ring is 1. The lowest BCUT2D eigenvalue weighted by atomic mass is 10.3. The lowest BCUT2D eigenvalue weighted by Gasteiger charge is -2.17. The summed E-state index contributed by atoms with van der Waals surface area (Å²) < 4.78 is 27.1. The lowest BCUT2D eigenvalue weighted by Crippen LogP contribution is -2.46. The van der Waals surface area contributed by atoms with Gasteiger partial charge in [-0.1, -0.05) is 11.6 Å². The van der Waals surface area contributed by atoms with E-state index in [1.165, 1.54) is 19.1 Å². The van der Waals surface area contributed by atoms with E-state index in [1.807, 2.05) is 0 Å². The first-order chi connectivity index (χ1) is 9.54. The van der Waals surface area contributed by atoms with E-state index in [9.17, 15) is 13.2 Å². The molecule has 0 aliphatic heterocycles. The third kappa shape index (κ3) is 4.84. The number of benzene rings is 1. The monoisotopic (exact) mass is 397 g/mol. The van der Waals surface area contributed by atoms with Crippen molar-refractivity contribution in [2.75, 3.05) is 5.73 Å². The third-order valence-electron chi connectivity index (χ3n) is 2.48. The number of sulfonamides is 1. The largest absolute Gasteiger partial charge is 0.398 e. The minimum atomic E-state index is -3.94. The smallest absolute Gasteiger partial charge is 0.242 e. The number of rotatable bonds is 5. The minimum absolute atomic E-state index is 0.0852. The average Bonchev–Trinajstić information content (AvgIpc) is 2.32. The normalized spacial score (nSPS) is 13.2. The Hall–Kier alpha value is -0.830. The molecule has 0 radical (unpaired) electrons. The van der Waals surface area contributed by atoms with Gasteiger partial charge in [-0.2, -0.15) is 4.72 Å². The van der Waals surface area contributed by atoms with Crippen molar-refractivity contribution in [1.29, 1.82) is 0 Å². The highest BCUT2D eigenvalue weighted by Crippen LogP contribution is 2.31. The molecule has 0 fully saturated rings. The Balaban J connectivity index is 3.05. The zero-order valence-corrected chi connectivity index (χ0v) is 14.9. The van der Waals surface area contributed by atoms with E-state index in [4.69, 9.17) is 17.3 Å². The second kappa shape index (κ2) is 6.95. The molecule has 1 aromatic carbocycles. The number of carbonyl (C=O) groups is 1. The quantitative estimate of drug-likeness (QED) is 0.659. The molecule has 1 aromatic rings. The van der Waals surface area contributed by atoms with Gasteiger partial charge in [0.05, 0.1) is 15.4 Å². The summed E-state index contributed by atoms with van der Waals surface area (Å²) in [5, 5.41) is 2.82. The van der Waals surface area contributed by atoms with Crippen molar-refractivity contribution >= 4 is 49.1 Å². The van der Waals surface area contributed by atoms with E-state index >= 15 is 0 Å². The van der Waals surface area contributed by atoms with Crippen LogP contribution in [0, 0.1) is 0 Å². The molecule has 0 saturated carbocycles. The molecule has 0 aliphatic carbocycles. The summed E-state index contributed by atoms with van der Waals surface area (Å²) in [5.41, 5.74) is 5.87. The molecule has 0 aromatic heterocycles. The number of carbonyl (C=O) groups excluding carboxylic acids is 1. The first-order valence-electron chi connectivity index (χ1n) is 6.12. The fourth-order valence-corrected chi connectivity index (χ4v) is 4.03. The highest BCUT2D eigenvalue weighted by Gasteiger charge is 2.25. The zero-order chi connectivity index (χ0) is 16.4. The van der Waals surface area contributed by atoms with Crippen LogP contribution in [0.3, 0.4) is 0 Å². The summed E-state index contributed by atoms with van der Waals surface area (Å²) in [6.07, 6.45) is 0. The highest BCUT2D eigenvalue weighted by molar-refractivity contribution is 9.10. The maximum Gasteiger partial charge on any atom is 0.242 e. The summed E-state index contributed by atoms with van der Waals surface area (Å²) in [5.74, 6) is -0.417. The molecule has 0 bridgehead atoms. The fourth-order valence-electron chi connectivity index (χ4n) is 1.54. The average molecular weight is 399 g/mol. The van der Waals surface area contributed by atoms with Crippen LogP contribution in [-0.4, -0.2) is 26.4 Å². The van der Waals surface area contributed by atoms with Crippen LogP contribution in [0.1, 0.15) is 20.8 Å². The zero-order valence-electron chi connectivity index (χ0n) is 11.8. The summed E-state index contributed by atoms with van der Waals surface area (Å²) in [6.45, 7) is 5.03. The van der Waals surface area contributed by atoms with Crippen molar-refractivity contribution in [2.24, 2.45) is 0 Å². The molecular formula is C12H17BrClN3O3S. The Morgan fingerprint density at radius 2 is 1.90 bits per heavy atom. The number of halogens is 2. The molecule has 1 amide bonds. The van der Waals surface area contributed by atoms with Crippen molar-refractivity contribution in [3.05, 3.63) is 21.6 Å². The minimum Gasteiger partial charge on any atom is -0.398 e. The molecule has 0 saturated heterocycles. The van der Waals surface area contributed by atoms with Crippen LogP contribution in [0.5, 0.6) is 0 Å². The van der Waals surface area contributed by atoms with E-state index in [-0.39, 0.29) is 26.1 Å². The van der Waals surface area contributed by atoms with Gasteiger partial charge in [-0.15, -0.1) is 0 Å². The molecule has 1 atom stereocenters. The second-order valence-electron chi connectivity index (χ2n) is 4.81. The number of nitrogens with two attached hydrogens (primary N) is 1. The SMILES string of the molecule is CC(C)NC(=O)C(C)NS(=O)(=O)c1cc(Cl)cc(N)c1Br. The van der Waals surface area contributed by atoms with E-state index in [1.54, 1.807) is 13.8 Å². The van der Waals surface area contributed by atoms with Gasteiger partial charge < -0.3 is 11.1 Å². The maximum absolute atomic E-state index is 12.3. The highest BCUT2D eigenvalue weighted by atomic mass is 79.9. The lowest BCUT2D eigenvalue weighted by molar-refractivity contribution is -0.122. The Kier molecular flexibility index (Phi) is 6.03. The third-order valence-corrected chi connectivity index (χ3v) is 5.41. The van der Waals surface area contributed by atoms with E-state index in [2.05, 4.69) is 26.0 Å². The van der Waals surface area contributed by atoms with E-state index < -0.39 is 22.0 Å². The molecule has 4 N–H and O–H groups in total. The van der Waals surface area contributed by atoms with Gasteiger partial charge in [0.1, 0.15) is 0 Å². The van der Waals surface area contributed by atoms with Crippen molar-refractivity contribution in [2.45, 2.75) is 37.8 Å². The molecule has 1 unspecified atom stereocenters. The van der Waals surface area contributed by atoms with Crippen LogP contribution in [0.15, 0.2) is 21.5 Å². The molecular weight excluding hydrogens is 382 g/mol. The van der Waals surface area contributed by atoms with Gasteiger partial charge in [-0.25, -0.2) is 8.42 Å². The topological polar surface area (TPSA) is 101 Å². The predicted octanol–water partition coefficient (Wildman–Crippen LogP) is 1.88. The van der Waals surface area contributed by atoms with E-state index in [0.29, 0.717) is 0 Å². The van der Waals surface area contributed by atoms with Crippen LogP contribution >= 0.6 is 27.5 Å². The molecule has 21 heavy (non-hydrogen) atoms. The van der Waals surface area contributed by atoms with Crippen LogP contribution in [0.4, 0.5) is 5.69 Å². The number of amides is 1. The van der Waals surface area contributed by atoms with Gasteiger partial charge in [0.15, 0.2) is 0 Å². The molecule has 0 heterocycles. The number of anilines is 1. The second-order valence-corrected chi connectivity index (χ2v) is 7.73. The predicted molar refractivity (Wildman–Crippen MR) is 86.6 cm³/mol. The van der Waals surface area contributed by atoms with Gasteiger partial charge in [0.25, 0.3) is 0 Å². The molecule has 9 heteroatoms. The van der Waals surface area contributed by atoms with Crippen LogP contribution < -0.4 is 15.8 Å². The fraction of sp³-hybridized carbons (Fsp3) is 0.417. The van der Waals surface area contributed by atoms with Gasteiger partial charge in [0, 0.05) is 16.8 Å². The summed E-state index contributed by atoms with van der Waals surface area (Å²) >= 11 is 8.94. The van der Waals surface area contributed by atoms with Gasteiger partial charge >= 0.3 is 0 Å². The summed E-state index contributed by atoms with van der Waals surface area (Å²) in [6, 6.07) is 1.68. The molecule has 0 spiro atoms. The van der Waals surface area contributed by atoms with Crippen molar-refractivity contribution in [3.8, 4) is 0 Å². The number of hydrogen-bond donors (Lipinski definition) is 3. The summed E-state index contributed by atoms with van der Waals surface area (Å²) in [4.78, 5) is 11.7. The van der Waals surface area contributed by atoms with Gasteiger partial charge in [-0.05, 0) is 48.8 Å². The van der Waals surface area contributed by atoms with Crippen LogP contribution in [0.25, 0.3) is 0 Å². The standard InChI is InChI=1S/C12H17BrClN3O3S/c1-6(2)16-12(18)7(3)17-21(19,20)10-5-8(14)4-9(15)11(10)13/h4-7,17H,15H2,1-3H3,(H,16,18). The first kappa shape index (κ1) is 18.2. The molecule has 6 nitrogen and oxygen atoms in total.